The Morgan fingerprint density at radius 1 is 0.964 bits per heavy atom. The number of hydrogen-bond donors (Lipinski definition) is 0. The minimum Gasteiger partial charge on any atom is -0.293 e. The highest BCUT2D eigenvalue weighted by atomic mass is 16.2. The van der Waals surface area contributed by atoms with Crippen LogP contribution in [-0.4, -0.2) is 23.8 Å². The summed E-state index contributed by atoms with van der Waals surface area (Å²) in [5, 5.41) is 1.32. The molecule has 28 heavy (non-hydrogen) atoms. The second-order valence-electron chi connectivity index (χ2n) is 6.26. The second kappa shape index (κ2) is 7.35. The molecule has 0 aromatic heterocycles. The minimum atomic E-state index is -1.04. The molecule has 0 radical (unpaired) electrons. The highest BCUT2D eigenvalue weighted by Crippen LogP contribution is 2.24. The van der Waals surface area contributed by atoms with E-state index in [0.29, 0.717) is 16.5 Å². The molecule has 0 saturated heterocycles. The number of allylic oxidation sites excluding steroid dienone is 2. The molecule has 2 aliphatic heterocycles. The molecule has 2 aliphatic rings. The smallest absolute Gasteiger partial charge is 0.269 e. The van der Waals surface area contributed by atoms with Crippen molar-refractivity contribution in [1.82, 2.24) is 0 Å². The lowest BCUT2D eigenvalue weighted by molar-refractivity contribution is -0.127. The second-order valence-corrected chi connectivity index (χ2v) is 6.26. The fraction of sp³-hybridized carbons (Fsp3) is 0.0435. The molecule has 0 saturated carbocycles. The monoisotopic (exact) mass is 366 g/mol. The SMILES string of the molecule is O=C1C=CC(=C=CC(=O)C2C(=O)N=c3ccccc3=C2c2ccccc2)C=N1. The molecule has 4 rings (SSSR count). The third-order valence-electron chi connectivity index (χ3n) is 4.45. The number of benzene rings is 2. The number of para-hydroxylation sites is 1. The first-order chi connectivity index (χ1) is 13.6. The molecular formula is C23H14N2O3. The van der Waals surface area contributed by atoms with E-state index in [1.165, 1.54) is 24.4 Å². The van der Waals surface area contributed by atoms with E-state index in [-0.39, 0.29) is 5.91 Å². The number of carbonyl (C=O) groups is 3. The van der Waals surface area contributed by atoms with E-state index >= 15 is 0 Å². The lowest BCUT2D eigenvalue weighted by atomic mass is 9.85. The molecular weight excluding hydrogens is 352 g/mol. The van der Waals surface area contributed by atoms with Gasteiger partial charge in [0, 0.05) is 29.2 Å². The molecule has 2 aromatic carbocycles. The van der Waals surface area contributed by atoms with Crippen LogP contribution in [0.25, 0.3) is 5.57 Å². The van der Waals surface area contributed by atoms with E-state index < -0.39 is 17.6 Å². The highest BCUT2D eigenvalue weighted by molar-refractivity contribution is 6.16. The van der Waals surface area contributed by atoms with Crippen LogP contribution in [0.5, 0.6) is 0 Å². The van der Waals surface area contributed by atoms with Gasteiger partial charge < -0.3 is 0 Å². The van der Waals surface area contributed by atoms with Crippen LogP contribution in [0.4, 0.5) is 0 Å². The van der Waals surface area contributed by atoms with Crippen molar-refractivity contribution in [1.29, 1.82) is 0 Å². The lowest BCUT2D eigenvalue weighted by Crippen LogP contribution is -2.40. The molecule has 2 aromatic rings. The first kappa shape index (κ1) is 17.5. The molecule has 0 N–H and O–H groups in total. The van der Waals surface area contributed by atoms with E-state index in [1.807, 2.05) is 42.5 Å². The summed E-state index contributed by atoms with van der Waals surface area (Å²) < 4.78 is 0. The molecule has 134 valence electrons. The minimum absolute atomic E-state index is 0.366. The van der Waals surface area contributed by atoms with E-state index in [9.17, 15) is 14.4 Å². The normalized spacial score (nSPS) is 17.6. The van der Waals surface area contributed by atoms with E-state index in [0.717, 1.165) is 10.8 Å². The number of carbonyl (C=O) groups excluding carboxylic acids is 3. The maximum absolute atomic E-state index is 12.9. The van der Waals surface area contributed by atoms with Gasteiger partial charge in [0.25, 0.3) is 11.8 Å². The van der Waals surface area contributed by atoms with Gasteiger partial charge in [0.15, 0.2) is 5.78 Å². The predicted molar refractivity (Wildman–Crippen MR) is 104 cm³/mol. The molecule has 0 spiro atoms. The molecule has 5 heteroatoms. The Balaban J connectivity index is 1.85. The van der Waals surface area contributed by atoms with Crippen LogP contribution in [0.1, 0.15) is 5.56 Å². The van der Waals surface area contributed by atoms with Gasteiger partial charge in [-0.15, -0.1) is 5.73 Å². The van der Waals surface area contributed by atoms with Crippen LogP contribution >= 0.6 is 0 Å². The summed E-state index contributed by atoms with van der Waals surface area (Å²) in [5.74, 6) is -2.34. The summed E-state index contributed by atoms with van der Waals surface area (Å²) >= 11 is 0. The van der Waals surface area contributed by atoms with Crippen LogP contribution in [0, 0.1) is 5.92 Å². The Hall–Kier alpha value is -3.95. The standard InChI is InChI=1S/C23H14N2O3/c26-19(12-10-15-11-13-20(27)24-14-15)22-21(16-6-2-1-3-7-16)17-8-4-5-9-18(17)25-23(22)28/h1-9,11-14,22H. The average Bonchev–Trinajstić information content (AvgIpc) is 2.72. The zero-order valence-corrected chi connectivity index (χ0v) is 14.7. The number of dihydropyridines is 1. The van der Waals surface area contributed by atoms with Gasteiger partial charge in [0.2, 0.25) is 0 Å². The number of aliphatic imine (C=N–C) groups is 1. The Morgan fingerprint density at radius 3 is 2.46 bits per heavy atom. The predicted octanol–water partition coefficient (Wildman–Crippen LogP) is 1.48. The van der Waals surface area contributed by atoms with Gasteiger partial charge in [-0.25, -0.2) is 9.98 Å². The largest absolute Gasteiger partial charge is 0.293 e. The zero-order valence-electron chi connectivity index (χ0n) is 14.7. The summed E-state index contributed by atoms with van der Waals surface area (Å²) in [7, 11) is 0. The quantitative estimate of drug-likeness (QED) is 0.469. The zero-order chi connectivity index (χ0) is 19.5. The molecule has 0 aliphatic carbocycles. The van der Waals surface area contributed by atoms with E-state index in [1.54, 1.807) is 12.1 Å². The number of rotatable bonds is 3. The van der Waals surface area contributed by atoms with Crippen molar-refractivity contribution in [3.05, 3.63) is 100 Å². The van der Waals surface area contributed by atoms with Crippen LogP contribution in [0.2, 0.25) is 0 Å². The van der Waals surface area contributed by atoms with Crippen LogP contribution in [0.15, 0.2) is 94.1 Å². The first-order valence-electron chi connectivity index (χ1n) is 8.67. The highest BCUT2D eigenvalue weighted by Gasteiger charge is 2.32. The van der Waals surface area contributed by atoms with Crippen molar-refractivity contribution < 1.29 is 14.4 Å². The van der Waals surface area contributed by atoms with E-state index in [4.69, 9.17) is 0 Å². The van der Waals surface area contributed by atoms with Gasteiger partial charge in [-0.2, -0.15) is 0 Å². The summed E-state index contributed by atoms with van der Waals surface area (Å²) in [5.41, 5.74) is 4.71. The van der Waals surface area contributed by atoms with Gasteiger partial charge in [-0.05, 0) is 23.3 Å². The van der Waals surface area contributed by atoms with Crippen molar-refractivity contribution in [3.8, 4) is 0 Å². The molecule has 5 nitrogen and oxygen atoms in total. The topological polar surface area (TPSA) is 75.9 Å². The Bertz CT molecular complexity index is 1230. The third-order valence-corrected chi connectivity index (χ3v) is 4.45. The van der Waals surface area contributed by atoms with Crippen molar-refractivity contribution in [2.75, 3.05) is 0 Å². The molecule has 1 unspecified atom stereocenters. The molecule has 0 bridgehead atoms. The lowest BCUT2D eigenvalue weighted by Gasteiger charge is -2.18. The number of nitrogens with zero attached hydrogens (tertiary/aromatic N) is 2. The van der Waals surface area contributed by atoms with Crippen molar-refractivity contribution >= 4 is 29.4 Å². The van der Waals surface area contributed by atoms with Crippen molar-refractivity contribution in [2.45, 2.75) is 0 Å². The maximum atomic E-state index is 12.9. The summed E-state index contributed by atoms with van der Waals surface area (Å²) in [6.45, 7) is 0. The van der Waals surface area contributed by atoms with Crippen molar-refractivity contribution in [3.63, 3.8) is 0 Å². The molecule has 0 fully saturated rings. The van der Waals surface area contributed by atoms with Gasteiger partial charge in [0.1, 0.15) is 5.92 Å². The molecule has 2 heterocycles. The Morgan fingerprint density at radius 2 is 1.71 bits per heavy atom. The fourth-order valence-corrected chi connectivity index (χ4v) is 3.17. The number of ketones is 1. The molecule has 1 atom stereocenters. The summed E-state index contributed by atoms with van der Waals surface area (Å²) in [6, 6.07) is 16.6. The molecule has 2 amide bonds. The van der Waals surface area contributed by atoms with Crippen LogP contribution in [0.3, 0.4) is 0 Å². The number of amides is 2. The number of fused-ring (bicyclic) bond motifs is 1. The Labute approximate surface area is 160 Å². The summed E-state index contributed by atoms with van der Waals surface area (Å²) in [4.78, 5) is 44.5. The van der Waals surface area contributed by atoms with Crippen molar-refractivity contribution in [2.24, 2.45) is 15.9 Å². The van der Waals surface area contributed by atoms with Gasteiger partial charge in [0.05, 0.1) is 5.36 Å². The fourth-order valence-electron chi connectivity index (χ4n) is 3.17. The van der Waals surface area contributed by atoms with E-state index in [2.05, 4.69) is 15.7 Å². The maximum Gasteiger partial charge on any atom is 0.269 e. The van der Waals surface area contributed by atoms with Gasteiger partial charge in [-0.3, -0.25) is 14.4 Å². The number of hydrogen-bond acceptors (Lipinski definition) is 3. The van der Waals surface area contributed by atoms with Crippen LogP contribution in [-0.2, 0) is 14.4 Å². The van der Waals surface area contributed by atoms with Gasteiger partial charge in [-0.1, -0.05) is 48.5 Å². The van der Waals surface area contributed by atoms with Gasteiger partial charge >= 0.3 is 0 Å². The third kappa shape index (κ3) is 3.34. The summed E-state index contributed by atoms with van der Waals surface area (Å²) in [6.07, 6.45) is 5.36. The average molecular weight is 366 g/mol. The van der Waals surface area contributed by atoms with Crippen LogP contribution < -0.4 is 10.6 Å². The first-order valence-corrected chi connectivity index (χ1v) is 8.67. The Kier molecular flexibility index (Phi) is 4.58.